The first-order valence-electron chi connectivity index (χ1n) is 7.27. The molecule has 1 aromatic carbocycles. The summed E-state index contributed by atoms with van der Waals surface area (Å²) in [5, 5.41) is 6.41. The lowest BCUT2D eigenvalue weighted by Crippen LogP contribution is -2.37. The van der Waals surface area contributed by atoms with Crippen molar-refractivity contribution in [2.75, 3.05) is 17.7 Å². The third kappa shape index (κ3) is 3.73. The molecule has 4 heteroatoms. The molecule has 4 nitrogen and oxygen atoms in total. The van der Waals surface area contributed by atoms with Crippen LogP contribution in [0.4, 0.5) is 11.4 Å². The molecule has 0 aliphatic heterocycles. The van der Waals surface area contributed by atoms with Gasteiger partial charge in [0.05, 0.1) is 12.1 Å². The van der Waals surface area contributed by atoms with Gasteiger partial charge in [-0.05, 0) is 37.5 Å². The first-order valence-corrected chi connectivity index (χ1v) is 7.27. The molecule has 2 atom stereocenters. The normalized spacial score (nSPS) is 22.4. The maximum absolute atomic E-state index is 11.1. The summed E-state index contributed by atoms with van der Waals surface area (Å²) < 4.78 is 5.58. The minimum Gasteiger partial charge on any atom is -0.379 e. The van der Waals surface area contributed by atoms with Gasteiger partial charge in [0, 0.05) is 25.4 Å². The van der Waals surface area contributed by atoms with Gasteiger partial charge in [-0.15, -0.1) is 0 Å². The van der Waals surface area contributed by atoms with Crippen LogP contribution in [0, 0.1) is 6.92 Å². The highest BCUT2D eigenvalue weighted by atomic mass is 16.5. The van der Waals surface area contributed by atoms with Crippen LogP contribution in [0.15, 0.2) is 18.2 Å². The van der Waals surface area contributed by atoms with Gasteiger partial charge < -0.3 is 15.4 Å². The van der Waals surface area contributed by atoms with E-state index in [0.717, 1.165) is 24.2 Å². The average Bonchev–Trinajstić information content (AvgIpc) is 2.42. The smallest absolute Gasteiger partial charge is 0.221 e. The van der Waals surface area contributed by atoms with Crippen LogP contribution in [0.1, 0.15) is 38.2 Å². The molecule has 2 rings (SSSR count). The van der Waals surface area contributed by atoms with Crippen molar-refractivity contribution in [1.29, 1.82) is 0 Å². The molecule has 1 fully saturated rings. The average molecular weight is 276 g/mol. The van der Waals surface area contributed by atoms with Crippen LogP contribution in [-0.4, -0.2) is 25.2 Å². The van der Waals surface area contributed by atoms with Crippen molar-refractivity contribution in [2.24, 2.45) is 0 Å². The molecule has 1 aromatic rings. The fourth-order valence-electron chi connectivity index (χ4n) is 2.80. The summed E-state index contributed by atoms with van der Waals surface area (Å²) in [5.41, 5.74) is 3.08. The molecular weight excluding hydrogens is 252 g/mol. The predicted octanol–water partition coefficient (Wildman–Crippen LogP) is 3.32. The second-order valence-electron chi connectivity index (χ2n) is 5.52. The minimum atomic E-state index is -0.0489. The molecule has 0 heterocycles. The minimum absolute atomic E-state index is 0.0489. The van der Waals surface area contributed by atoms with E-state index in [1.54, 1.807) is 7.11 Å². The van der Waals surface area contributed by atoms with Crippen LogP contribution in [-0.2, 0) is 9.53 Å². The van der Waals surface area contributed by atoms with Gasteiger partial charge in [-0.3, -0.25) is 4.79 Å². The number of aryl methyl sites for hydroxylation is 1. The molecule has 0 bridgehead atoms. The zero-order valence-electron chi connectivity index (χ0n) is 12.5. The number of benzene rings is 1. The molecular formula is C16H24N2O2. The van der Waals surface area contributed by atoms with Crippen LogP contribution >= 0.6 is 0 Å². The van der Waals surface area contributed by atoms with E-state index in [0.29, 0.717) is 6.04 Å². The first-order chi connectivity index (χ1) is 9.60. The Morgan fingerprint density at radius 1 is 1.30 bits per heavy atom. The van der Waals surface area contributed by atoms with Crippen molar-refractivity contribution < 1.29 is 9.53 Å². The number of methoxy groups -OCH3 is 1. The Bertz CT molecular complexity index is 474. The zero-order valence-corrected chi connectivity index (χ0v) is 12.5. The lowest BCUT2D eigenvalue weighted by atomic mass is 9.92. The lowest BCUT2D eigenvalue weighted by molar-refractivity contribution is -0.114. The number of hydrogen-bond acceptors (Lipinski definition) is 3. The summed E-state index contributed by atoms with van der Waals surface area (Å²) in [7, 11) is 1.78. The predicted molar refractivity (Wildman–Crippen MR) is 82.2 cm³/mol. The Kier molecular flexibility index (Phi) is 5.01. The number of carbonyl (C=O) groups is 1. The molecule has 1 aliphatic rings. The molecule has 0 spiro atoms. The second kappa shape index (κ2) is 6.75. The Morgan fingerprint density at radius 2 is 2.05 bits per heavy atom. The molecule has 110 valence electrons. The summed E-state index contributed by atoms with van der Waals surface area (Å²) in [6.45, 7) is 3.60. The fraction of sp³-hybridized carbons (Fsp3) is 0.562. The van der Waals surface area contributed by atoms with Gasteiger partial charge in [-0.2, -0.15) is 0 Å². The SMILES string of the molecule is COC1CCCCC1Nc1cc(NC(C)=O)ccc1C. The summed E-state index contributed by atoms with van der Waals surface area (Å²) in [5.74, 6) is -0.0489. The Balaban J connectivity index is 2.12. The van der Waals surface area contributed by atoms with E-state index in [1.807, 2.05) is 18.2 Å². The van der Waals surface area contributed by atoms with Gasteiger partial charge in [0.15, 0.2) is 0 Å². The van der Waals surface area contributed by atoms with E-state index >= 15 is 0 Å². The monoisotopic (exact) mass is 276 g/mol. The van der Waals surface area contributed by atoms with Crippen LogP contribution in [0.2, 0.25) is 0 Å². The highest BCUT2D eigenvalue weighted by Gasteiger charge is 2.25. The van der Waals surface area contributed by atoms with Crippen molar-refractivity contribution in [2.45, 2.75) is 51.7 Å². The molecule has 0 aromatic heterocycles. The number of carbonyl (C=O) groups excluding carboxylic acids is 1. The number of amides is 1. The number of rotatable bonds is 4. The standard InChI is InChI=1S/C16H24N2O2/c1-11-8-9-13(17-12(2)19)10-15(11)18-14-6-4-5-7-16(14)20-3/h8-10,14,16,18H,4-7H2,1-3H3,(H,17,19). The van der Waals surface area contributed by atoms with E-state index in [4.69, 9.17) is 4.74 Å². The molecule has 0 radical (unpaired) electrons. The fourth-order valence-corrected chi connectivity index (χ4v) is 2.80. The van der Waals surface area contributed by atoms with Gasteiger partial charge in [0.2, 0.25) is 5.91 Å². The molecule has 20 heavy (non-hydrogen) atoms. The van der Waals surface area contributed by atoms with Gasteiger partial charge in [0.1, 0.15) is 0 Å². The van der Waals surface area contributed by atoms with Crippen molar-refractivity contribution in [3.63, 3.8) is 0 Å². The molecule has 2 N–H and O–H groups in total. The third-order valence-corrected chi connectivity index (χ3v) is 3.90. The molecule has 0 saturated heterocycles. The molecule has 1 amide bonds. The van der Waals surface area contributed by atoms with E-state index in [-0.39, 0.29) is 12.0 Å². The largest absolute Gasteiger partial charge is 0.379 e. The van der Waals surface area contributed by atoms with Gasteiger partial charge >= 0.3 is 0 Å². The number of hydrogen-bond donors (Lipinski definition) is 2. The highest BCUT2D eigenvalue weighted by Crippen LogP contribution is 2.27. The van der Waals surface area contributed by atoms with Crippen LogP contribution in [0.25, 0.3) is 0 Å². The quantitative estimate of drug-likeness (QED) is 0.887. The van der Waals surface area contributed by atoms with Crippen LogP contribution in [0.3, 0.4) is 0 Å². The van der Waals surface area contributed by atoms with Crippen molar-refractivity contribution in [3.05, 3.63) is 23.8 Å². The topological polar surface area (TPSA) is 50.4 Å². The summed E-state index contributed by atoms with van der Waals surface area (Å²) in [6, 6.07) is 6.30. The third-order valence-electron chi connectivity index (χ3n) is 3.90. The van der Waals surface area contributed by atoms with E-state index in [9.17, 15) is 4.79 Å². The Morgan fingerprint density at radius 3 is 2.75 bits per heavy atom. The maximum atomic E-state index is 11.1. The van der Waals surface area contributed by atoms with Crippen LogP contribution < -0.4 is 10.6 Å². The van der Waals surface area contributed by atoms with Crippen molar-refractivity contribution >= 4 is 17.3 Å². The van der Waals surface area contributed by atoms with Gasteiger partial charge in [-0.1, -0.05) is 18.9 Å². The molecule has 2 unspecified atom stereocenters. The van der Waals surface area contributed by atoms with Gasteiger partial charge in [0.25, 0.3) is 0 Å². The van der Waals surface area contributed by atoms with E-state index < -0.39 is 0 Å². The number of anilines is 2. The van der Waals surface area contributed by atoms with Crippen LogP contribution in [0.5, 0.6) is 0 Å². The number of nitrogens with one attached hydrogen (secondary N) is 2. The Hall–Kier alpha value is -1.55. The molecule has 1 saturated carbocycles. The maximum Gasteiger partial charge on any atom is 0.221 e. The van der Waals surface area contributed by atoms with E-state index in [2.05, 4.69) is 17.6 Å². The summed E-state index contributed by atoms with van der Waals surface area (Å²) in [6.07, 6.45) is 4.98. The van der Waals surface area contributed by atoms with Gasteiger partial charge in [-0.25, -0.2) is 0 Å². The zero-order chi connectivity index (χ0) is 14.5. The lowest BCUT2D eigenvalue weighted by Gasteiger charge is -2.32. The second-order valence-corrected chi connectivity index (χ2v) is 5.52. The summed E-state index contributed by atoms with van der Waals surface area (Å²) in [4.78, 5) is 11.1. The summed E-state index contributed by atoms with van der Waals surface area (Å²) >= 11 is 0. The van der Waals surface area contributed by atoms with Crippen molar-refractivity contribution in [3.8, 4) is 0 Å². The molecule has 1 aliphatic carbocycles. The Labute approximate surface area is 120 Å². The first kappa shape index (κ1) is 14.9. The highest BCUT2D eigenvalue weighted by molar-refractivity contribution is 5.89. The van der Waals surface area contributed by atoms with E-state index in [1.165, 1.54) is 25.3 Å². The van der Waals surface area contributed by atoms with Crippen molar-refractivity contribution in [1.82, 2.24) is 0 Å². The number of ether oxygens (including phenoxy) is 1.